The molecule has 0 unspecified atom stereocenters. The van der Waals surface area contributed by atoms with Crippen molar-refractivity contribution in [1.29, 1.82) is 0 Å². The molecule has 0 bridgehead atoms. The van der Waals surface area contributed by atoms with Crippen molar-refractivity contribution in [2.45, 2.75) is 19.4 Å². The van der Waals surface area contributed by atoms with E-state index in [1.54, 1.807) is 5.57 Å². The normalized spacial score (nSPS) is 16.3. The molecule has 5 rings (SSSR count). The van der Waals surface area contributed by atoms with Gasteiger partial charge in [0, 0.05) is 25.3 Å². The Hall–Kier alpha value is -3.10. The fourth-order valence-electron chi connectivity index (χ4n) is 4.56. The highest BCUT2D eigenvalue weighted by molar-refractivity contribution is 5.94. The molecule has 1 saturated heterocycles. The zero-order chi connectivity index (χ0) is 19.6. The van der Waals surface area contributed by atoms with Crippen LogP contribution in [0.5, 0.6) is 0 Å². The number of hydrogen-bond donors (Lipinski definition) is 1. The molecule has 0 atom stereocenters. The molecule has 144 valence electrons. The Kier molecular flexibility index (Phi) is 4.79. The van der Waals surface area contributed by atoms with Crippen molar-refractivity contribution >= 4 is 23.4 Å². The summed E-state index contributed by atoms with van der Waals surface area (Å²) in [6, 6.07) is 25.9. The van der Waals surface area contributed by atoms with Crippen LogP contribution < -0.4 is 5.73 Å². The lowest BCUT2D eigenvalue weighted by molar-refractivity contribution is 0.248. The minimum Gasteiger partial charge on any atom is -0.399 e. The highest BCUT2D eigenvalue weighted by atomic mass is 15.1. The first kappa shape index (κ1) is 18.0. The summed E-state index contributed by atoms with van der Waals surface area (Å²) in [5.41, 5.74) is 16.4. The van der Waals surface area contributed by atoms with Crippen molar-refractivity contribution in [3.63, 3.8) is 0 Å². The SMILES string of the molecule is Nc1ccc(CN2CCC(=C3c4ccccc4C=Cc4ccccc43)CC2)cc1. The first-order valence-corrected chi connectivity index (χ1v) is 10.4. The Morgan fingerprint density at radius 1 is 0.690 bits per heavy atom. The smallest absolute Gasteiger partial charge is 0.0314 e. The third-order valence-corrected chi connectivity index (χ3v) is 6.10. The number of nitrogens with zero attached hydrogens (tertiary/aromatic N) is 1. The third-order valence-electron chi connectivity index (χ3n) is 6.10. The minimum atomic E-state index is 0.832. The lowest BCUT2D eigenvalue weighted by atomic mass is 9.86. The number of benzene rings is 3. The lowest BCUT2D eigenvalue weighted by Crippen LogP contribution is -2.30. The van der Waals surface area contributed by atoms with Gasteiger partial charge in [-0.2, -0.15) is 0 Å². The highest BCUT2D eigenvalue weighted by Gasteiger charge is 2.22. The van der Waals surface area contributed by atoms with Gasteiger partial charge in [0.2, 0.25) is 0 Å². The maximum Gasteiger partial charge on any atom is 0.0314 e. The first-order valence-electron chi connectivity index (χ1n) is 10.4. The number of hydrogen-bond acceptors (Lipinski definition) is 2. The van der Waals surface area contributed by atoms with E-state index >= 15 is 0 Å². The van der Waals surface area contributed by atoms with Crippen molar-refractivity contribution in [3.05, 3.63) is 106 Å². The summed E-state index contributed by atoms with van der Waals surface area (Å²) in [5.74, 6) is 0. The van der Waals surface area contributed by atoms with Crippen LogP contribution in [0.4, 0.5) is 5.69 Å². The zero-order valence-corrected chi connectivity index (χ0v) is 16.6. The highest BCUT2D eigenvalue weighted by Crippen LogP contribution is 2.38. The topological polar surface area (TPSA) is 29.3 Å². The molecule has 0 amide bonds. The van der Waals surface area contributed by atoms with Gasteiger partial charge in [-0.15, -0.1) is 0 Å². The van der Waals surface area contributed by atoms with E-state index in [4.69, 9.17) is 5.73 Å². The Morgan fingerprint density at radius 3 is 1.83 bits per heavy atom. The van der Waals surface area contributed by atoms with Crippen LogP contribution in [-0.2, 0) is 6.54 Å². The van der Waals surface area contributed by atoms with Gasteiger partial charge < -0.3 is 5.73 Å². The van der Waals surface area contributed by atoms with Crippen LogP contribution in [0.2, 0.25) is 0 Å². The molecular weight excluding hydrogens is 352 g/mol. The van der Waals surface area contributed by atoms with E-state index in [0.29, 0.717) is 0 Å². The van der Waals surface area contributed by atoms with Crippen LogP contribution in [0.25, 0.3) is 17.7 Å². The van der Waals surface area contributed by atoms with Gasteiger partial charge in [-0.1, -0.05) is 78.4 Å². The first-order chi connectivity index (χ1) is 14.3. The van der Waals surface area contributed by atoms with Crippen molar-refractivity contribution in [1.82, 2.24) is 4.90 Å². The number of likely N-dealkylation sites (tertiary alicyclic amines) is 1. The number of nitrogens with two attached hydrogens (primary N) is 1. The minimum absolute atomic E-state index is 0.832. The maximum absolute atomic E-state index is 5.83. The molecule has 2 nitrogen and oxygen atoms in total. The molecule has 0 spiro atoms. The van der Waals surface area contributed by atoms with Crippen LogP contribution in [0.1, 0.15) is 40.7 Å². The number of anilines is 1. The van der Waals surface area contributed by atoms with Gasteiger partial charge in [0.05, 0.1) is 0 Å². The molecule has 0 saturated carbocycles. The second-order valence-electron chi connectivity index (χ2n) is 8.00. The van der Waals surface area contributed by atoms with Crippen LogP contribution in [-0.4, -0.2) is 18.0 Å². The standard InChI is InChI=1S/C27H26N2/c28-24-13-9-20(10-14-24)19-29-17-15-23(16-18-29)27-25-7-3-1-5-21(25)11-12-22-6-2-4-8-26(22)27/h1-14H,15-19,28H2. The van der Waals surface area contributed by atoms with E-state index in [1.165, 1.54) is 33.4 Å². The molecule has 2 aliphatic rings. The molecule has 3 aromatic rings. The fourth-order valence-corrected chi connectivity index (χ4v) is 4.56. The number of piperidine rings is 1. The van der Waals surface area contributed by atoms with E-state index in [9.17, 15) is 0 Å². The maximum atomic E-state index is 5.83. The molecule has 1 aliphatic heterocycles. The van der Waals surface area contributed by atoms with Gasteiger partial charge in [0.25, 0.3) is 0 Å². The van der Waals surface area contributed by atoms with E-state index < -0.39 is 0 Å². The predicted octanol–water partition coefficient (Wildman–Crippen LogP) is 5.85. The average molecular weight is 379 g/mol. The Balaban J connectivity index is 1.46. The molecule has 29 heavy (non-hydrogen) atoms. The number of nitrogen functional groups attached to an aromatic ring is 1. The van der Waals surface area contributed by atoms with Gasteiger partial charge in [0.15, 0.2) is 0 Å². The number of fused-ring (bicyclic) bond motifs is 2. The molecule has 1 aliphatic carbocycles. The van der Waals surface area contributed by atoms with Crippen molar-refractivity contribution < 1.29 is 0 Å². The molecule has 2 N–H and O–H groups in total. The van der Waals surface area contributed by atoms with Crippen molar-refractivity contribution in [3.8, 4) is 0 Å². The molecule has 2 heteroatoms. The van der Waals surface area contributed by atoms with Gasteiger partial charge >= 0.3 is 0 Å². The quantitative estimate of drug-likeness (QED) is 0.443. The number of rotatable bonds is 2. The van der Waals surface area contributed by atoms with E-state index in [1.807, 2.05) is 12.1 Å². The monoisotopic (exact) mass is 378 g/mol. The van der Waals surface area contributed by atoms with Gasteiger partial charge in [-0.05, 0) is 58.4 Å². The van der Waals surface area contributed by atoms with Crippen LogP contribution in [0.15, 0.2) is 78.4 Å². The third kappa shape index (κ3) is 3.64. The summed E-state index contributed by atoms with van der Waals surface area (Å²) >= 11 is 0. The molecule has 0 radical (unpaired) electrons. The van der Waals surface area contributed by atoms with E-state index in [0.717, 1.165) is 38.2 Å². The molecule has 0 aromatic heterocycles. The lowest BCUT2D eigenvalue weighted by Gasteiger charge is -2.30. The second kappa shape index (κ2) is 7.73. The van der Waals surface area contributed by atoms with Crippen LogP contribution >= 0.6 is 0 Å². The fraction of sp³-hybridized carbons (Fsp3) is 0.185. The summed E-state index contributed by atoms with van der Waals surface area (Å²) in [7, 11) is 0. The van der Waals surface area contributed by atoms with Gasteiger partial charge in [-0.3, -0.25) is 4.90 Å². The Labute approximate surface area is 173 Å². The Morgan fingerprint density at radius 2 is 1.24 bits per heavy atom. The Bertz CT molecular complexity index is 1030. The average Bonchev–Trinajstić information content (AvgIpc) is 2.93. The molecular formula is C27H26N2. The van der Waals surface area contributed by atoms with Crippen molar-refractivity contribution in [2.75, 3.05) is 18.8 Å². The van der Waals surface area contributed by atoms with Gasteiger partial charge in [-0.25, -0.2) is 0 Å². The van der Waals surface area contributed by atoms with Gasteiger partial charge in [0.1, 0.15) is 0 Å². The van der Waals surface area contributed by atoms with Crippen LogP contribution in [0.3, 0.4) is 0 Å². The van der Waals surface area contributed by atoms with Crippen LogP contribution in [0, 0.1) is 0 Å². The summed E-state index contributed by atoms with van der Waals surface area (Å²) < 4.78 is 0. The van der Waals surface area contributed by atoms with E-state index in [2.05, 4.69) is 77.7 Å². The summed E-state index contributed by atoms with van der Waals surface area (Å²) in [4.78, 5) is 2.56. The largest absolute Gasteiger partial charge is 0.399 e. The predicted molar refractivity (Wildman–Crippen MR) is 123 cm³/mol. The van der Waals surface area contributed by atoms with E-state index in [-0.39, 0.29) is 0 Å². The second-order valence-corrected chi connectivity index (χ2v) is 8.00. The van der Waals surface area contributed by atoms with Crippen molar-refractivity contribution in [2.24, 2.45) is 0 Å². The summed E-state index contributed by atoms with van der Waals surface area (Å²) in [5, 5.41) is 0. The molecule has 1 fully saturated rings. The zero-order valence-electron chi connectivity index (χ0n) is 16.6. The summed E-state index contributed by atoms with van der Waals surface area (Å²) in [6.45, 7) is 3.19. The molecule has 3 aromatic carbocycles. The molecule has 1 heterocycles. The summed E-state index contributed by atoms with van der Waals surface area (Å²) in [6.07, 6.45) is 6.76.